The second kappa shape index (κ2) is 11.9. The minimum Gasteiger partial charge on any atom is -0.356 e. The Morgan fingerprint density at radius 1 is 1.16 bits per heavy atom. The minimum absolute atomic E-state index is 0.000719. The van der Waals surface area contributed by atoms with Crippen LogP contribution in [0.1, 0.15) is 57.8 Å². The van der Waals surface area contributed by atoms with Crippen LogP contribution < -0.4 is 37.6 Å². The lowest BCUT2D eigenvalue weighted by Gasteiger charge is -2.42. The molecule has 4 fully saturated rings. The minimum atomic E-state index is -0.135. The Hall–Kier alpha value is -1.01. The molecule has 0 radical (unpaired) electrons. The van der Waals surface area contributed by atoms with Crippen LogP contribution in [-0.4, -0.2) is 61.4 Å². The third kappa shape index (κ3) is 6.53. The molecule has 4 rings (SSSR count). The molecular formula is C21H38ClN7O3. The van der Waals surface area contributed by atoms with Gasteiger partial charge in [0.1, 0.15) is 6.23 Å². The van der Waals surface area contributed by atoms with E-state index >= 15 is 0 Å². The summed E-state index contributed by atoms with van der Waals surface area (Å²) in [5, 5.41) is 13.6. The molecule has 0 spiro atoms. The number of hydrogen-bond acceptors (Lipinski definition) is 8. The molecule has 0 aromatic carbocycles. The van der Waals surface area contributed by atoms with Gasteiger partial charge in [0.25, 0.3) is 0 Å². The fourth-order valence-corrected chi connectivity index (χ4v) is 5.45. The highest BCUT2D eigenvalue weighted by atomic mass is 35.5. The lowest BCUT2D eigenvalue weighted by Crippen LogP contribution is -2.71. The van der Waals surface area contributed by atoms with Crippen molar-refractivity contribution >= 4 is 23.4 Å². The highest BCUT2D eigenvalue weighted by Gasteiger charge is 2.39. The highest BCUT2D eigenvalue weighted by Crippen LogP contribution is 2.30. The smallest absolute Gasteiger partial charge is 0.238 e. The van der Waals surface area contributed by atoms with Crippen molar-refractivity contribution in [3.63, 3.8) is 0 Å². The summed E-state index contributed by atoms with van der Waals surface area (Å²) in [5.41, 5.74) is 8.92. The first-order valence-corrected chi connectivity index (χ1v) is 12.6. The Bertz CT molecular complexity index is 635. The molecule has 7 N–H and O–H groups in total. The van der Waals surface area contributed by atoms with Gasteiger partial charge >= 0.3 is 0 Å². The van der Waals surface area contributed by atoms with E-state index in [4.69, 9.17) is 16.4 Å². The van der Waals surface area contributed by atoms with Crippen LogP contribution in [0.5, 0.6) is 0 Å². The van der Waals surface area contributed by atoms with Crippen LogP contribution in [0.2, 0.25) is 0 Å². The first-order chi connectivity index (χ1) is 15.6. The molecule has 3 aliphatic heterocycles. The van der Waals surface area contributed by atoms with E-state index < -0.39 is 0 Å². The molecule has 5 atom stereocenters. The molecule has 1 aliphatic carbocycles. The third-order valence-corrected chi connectivity index (χ3v) is 7.54. The number of hydrazine groups is 1. The number of fused-ring (bicyclic) bond motifs is 1. The number of rotatable bonds is 9. The fourth-order valence-electron chi connectivity index (χ4n) is 5.20. The van der Waals surface area contributed by atoms with Crippen LogP contribution in [0.4, 0.5) is 0 Å². The van der Waals surface area contributed by atoms with Crippen LogP contribution in [0, 0.1) is 11.8 Å². The zero-order valence-electron chi connectivity index (χ0n) is 18.6. The van der Waals surface area contributed by atoms with Gasteiger partial charge in [0.05, 0.1) is 18.2 Å². The summed E-state index contributed by atoms with van der Waals surface area (Å²) in [5.74, 6) is 0.649. The van der Waals surface area contributed by atoms with E-state index in [0.717, 1.165) is 58.0 Å². The number of carbonyl (C=O) groups is 2. The van der Waals surface area contributed by atoms with Gasteiger partial charge in [-0.15, -0.1) is 11.6 Å². The molecule has 0 bridgehead atoms. The summed E-state index contributed by atoms with van der Waals surface area (Å²) >= 11 is 6.19. The number of alkyl halides is 1. The topological polar surface area (TPSA) is 128 Å². The average molecular weight is 472 g/mol. The van der Waals surface area contributed by atoms with E-state index in [1.807, 2.05) is 0 Å². The van der Waals surface area contributed by atoms with Crippen molar-refractivity contribution in [1.82, 2.24) is 37.6 Å². The average Bonchev–Trinajstić information content (AvgIpc) is 3.28. The Morgan fingerprint density at radius 2 is 2.00 bits per heavy atom. The van der Waals surface area contributed by atoms with Crippen molar-refractivity contribution in [2.24, 2.45) is 11.8 Å². The van der Waals surface area contributed by atoms with Gasteiger partial charge in [0.2, 0.25) is 11.8 Å². The van der Waals surface area contributed by atoms with E-state index in [1.54, 1.807) is 0 Å². The van der Waals surface area contributed by atoms with Gasteiger partial charge in [-0.1, -0.05) is 0 Å². The van der Waals surface area contributed by atoms with Crippen molar-refractivity contribution in [3.8, 4) is 0 Å². The molecule has 0 aromatic rings. The van der Waals surface area contributed by atoms with Gasteiger partial charge in [-0.25, -0.2) is 5.43 Å². The van der Waals surface area contributed by atoms with Gasteiger partial charge in [0, 0.05) is 24.4 Å². The number of piperidine rings is 1. The Kier molecular flexibility index (Phi) is 8.98. The normalized spacial score (nSPS) is 37.5. The van der Waals surface area contributed by atoms with Crippen molar-refractivity contribution in [3.05, 3.63) is 0 Å². The molecular weight excluding hydrogens is 434 g/mol. The molecule has 32 heavy (non-hydrogen) atoms. The van der Waals surface area contributed by atoms with Crippen molar-refractivity contribution in [1.29, 1.82) is 0 Å². The van der Waals surface area contributed by atoms with E-state index in [-0.39, 0.29) is 42.3 Å². The fraction of sp³-hybridized carbons (Fsp3) is 0.905. The monoisotopic (exact) mass is 471 g/mol. The first kappa shape index (κ1) is 24.1. The van der Waals surface area contributed by atoms with Crippen LogP contribution in [0.25, 0.3) is 0 Å². The lowest BCUT2D eigenvalue weighted by atomic mass is 9.87. The number of hydroxylamine groups is 1. The zero-order valence-corrected chi connectivity index (χ0v) is 19.4. The predicted octanol–water partition coefficient (Wildman–Crippen LogP) is -0.235. The molecule has 5 unspecified atom stereocenters. The number of carbonyl (C=O) groups excluding carboxylic acids is 2. The van der Waals surface area contributed by atoms with E-state index in [0.29, 0.717) is 30.7 Å². The second-order valence-corrected chi connectivity index (χ2v) is 10.0. The summed E-state index contributed by atoms with van der Waals surface area (Å²) < 4.78 is 0. The first-order valence-electron chi connectivity index (χ1n) is 12.2. The maximum absolute atomic E-state index is 12.2. The summed E-state index contributed by atoms with van der Waals surface area (Å²) in [6.07, 6.45) is 8.15. The third-order valence-electron chi connectivity index (χ3n) is 7.10. The van der Waals surface area contributed by atoms with Gasteiger partial charge < -0.3 is 10.6 Å². The number of hydrogen-bond donors (Lipinski definition) is 7. The number of halogens is 1. The number of amides is 2. The molecule has 4 aliphatic rings. The molecule has 10 nitrogen and oxygen atoms in total. The SMILES string of the molecule is O=C(CCC1NC(C2CCC(Cl)CC2)NO1)NCCCNC1NNC(=O)C2CCCNC12. The van der Waals surface area contributed by atoms with Gasteiger partial charge in [-0.2, -0.15) is 5.48 Å². The van der Waals surface area contributed by atoms with Crippen LogP contribution in [0.15, 0.2) is 0 Å². The second-order valence-electron chi connectivity index (χ2n) is 9.42. The standard InChI is InChI=1S/C21H38ClN7O3/c22-14-6-4-13(5-7-14)19-26-17(32-29-19)9-8-16(30)23-11-2-12-25-20-18-15(3-1-10-24-18)21(31)28-27-20/h13-15,17-20,24-27,29H,1-12H2,(H,23,30)(H,28,31). The quantitative estimate of drug-likeness (QED) is 0.181. The van der Waals surface area contributed by atoms with E-state index in [9.17, 15) is 9.59 Å². The summed E-state index contributed by atoms with van der Waals surface area (Å²) in [4.78, 5) is 29.8. The summed E-state index contributed by atoms with van der Waals surface area (Å²) in [7, 11) is 0. The van der Waals surface area contributed by atoms with E-state index in [1.165, 1.54) is 0 Å². The lowest BCUT2D eigenvalue weighted by molar-refractivity contribution is -0.131. The van der Waals surface area contributed by atoms with Crippen LogP contribution in [-0.2, 0) is 14.4 Å². The Morgan fingerprint density at radius 3 is 2.84 bits per heavy atom. The zero-order chi connectivity index (χ0) is 22.3. The summed E-state index contributed by atoms with van der Waals surface area (Å²) in [6, 6.07) is 0.105. The largest absolute Gasteiger partial charge is 0.356 e. The molecule has 3 heterocycles. The van der Waals surface area contributed by atoms with Gasteiger partial charge in [-0.3, -0.25) is 30.5 Å². The molecule has 2 amide bonds. The molecule has 0 aromatic heterocycles. The Balaban J connectivity index is 1.05. The van der Waals surface area contributed by atoms with Crippen molar-refractivity contribution in [2.75, 3.05) is 19.6 Å². The van der Waals surface area contributed by atoms with Gasteiger partial charge in [-0.05, 0) is 70.4 Å². The molecule has 1 saturated carbocycles. The Labute approximate surface area is 195 Å². The van der Waals surface area contributed by atoms with Crippen LogP contribution >= 0.6 is 11.6 Å². The van der Waals surface area contributed by atoms with Crippen molar-refractivity contribution in [2.45, 2.75) is 87.8 Å². The summed E-state index contributed by atoms with van der Waals surface area (Å²) in [6.45, 7) is 2.31. The van der Waals surface area contributed by atoms with Gasteiger partial charge in [0.15, 0.2) is 0 Å². The maximum atomic E-state index is 12.2. The van der Waals surface area contributed by atoms with Crippen molar-refractivity contribution < 1.29 is 14.4 Å². The maximum Gasteiger partial charge on any atom is 0.238 e. The molecule has 182 valence electrons. The molecule has 11 heteroatoms. The number of nitrogens with one attached hydrogen (secondary N) is 7. The predicted molar refractivity (Wildman–Crippen MR) is 121 cm³/mol. The van der Waals surface area contributed by atoms with E-state index in [2.05, 4.69) is 37.6 Å². The van der Waals surface area contributed by atoms with Crippen LogP contribution in [0.3, 0.4) is 0 Å². The molecule has 3 saturated heterocycles. The highest BCUT2D eigenvalue weighted by molar-refractivity contribution is 6.20.